The molecule has 2 saturated carbocycles. The lowest BCUT2D eigenvalue weighted by Crippen LogP contribution is -2.22. The molecule has 0 atom stereocenters. The van der Waals surface area contributed by atoms with Gasteiger partial charge >= 0.3 is 0 Å². The van der Waals surface area contributed by atoms with Crippen LogP contribution in [0.4, 0.5) is 5.95 Å². The second-order valence-electron chi connectivity index (χ2n) is 8.65. The Labute approximate surface area is 186 Å². The third kappa shape index (κ3) is 5.08. The van der Waals surface area contributed by atoms with E-state index < -0.39 is 0 Å². The van der Waals surface area contributed by atoms with E-state index in [-0.39, 0.29) is 5.56 Å². The van der Waals surface area contributed by atoms with Gasteiger partial charge in [-0.2, -0.15) is 9.07 Å². The van der Waals surface area contributed by atoms with Gasteiger partial charge in [0, 0.05) is 42.4 Å². The highest BCUT2D eigenvalue weighted by molar-refractivity contribution is 7.97. The van der Waals surface area contributed by atoms with Crippen molar-refractivity contribution in [1.82, 2.24) is 28.7 Å². The zero-order chi connectivity index (χ0) is 21.0. The number of nitrogens with one attached hydrogen (secondary N) is 1. The Morgan fingerprint density at radius 2 is 1.97 bits per heavy atom. The van der Waals surface area contributed by atoms with Crippen molar-refractivity contribution >= 4 is 28.9 Å². The van der Waals surface area contributed by atoms with Gasteiger partial charge in [0.2, 0.25) is 5.95 Å². The van der Waals surface area contributed by atoms with Gasteiger partial charge in [-0.15, -0.1) is 5.10 Å². The number of pyridine rings is 1. The first-order chi connectivity index (χ1) is 15.3. The molecule has 0 bridgehead atoms. The first-order valence-electron chi connectivity index (χ1n) is 11.4. The zero-order valence-corrected chi connectivity index (χ0v) is 18.6. The van der Waals surface area contributed by atoms with Crippen LogP contribution < -0.4 is 10.9 Å². The van der Waals surface area contributed by atoms with Crippen LogP contribution in [0.3, 0.4) is 0 Å². The summed E-state index contributed by atoms with van der Waals surface area (Å²) in [6.07, 6.45) is 13.4. The minimum absolute atomic E-state index is 0.0220. The number of hydrogen-bond acceptors (Lipinski definition) is 7. The van der Waals surface area contributed by atoms with Gasteiger partial charge in [-0.3, -0.25) is 9.36 Å². The van der Waals surface area contributed by atoms with Gasteiger partial charge in [-0.1, -0.05) is 19.3 Å². The van der Waals surface area contributed by atoms with Gasteiger partial charge < -0.3 is 5.32 Å². The van der Waals surface area contributed by atoms with Crippen molar-refractivity contribution in [2.24, 2.45) is 5.92 Å². The highest BCUT2D eigenvalue weighted by Gasteiger charge is 2.27. The molecule has 3 aromatic heterocycles. The summed E-state index contributed by atoms with van der Waals surface area (Å²) in [6.45, 7) is 1.52. The smallest absolute Gasteiger partial charge is 0.252 e. The van der Waals surface area contributed by atoms with Crippen LogP contribution in [0.15, 0.2) is 29.5 Å². The first kappa shape index (κ1) is 20.5. The van der Waals surface area contributed by atoms with Crippen molar-refractivity contribution in [3.05, 3.63) is 40.8 Å². The number of aromatic nitrogens is 6. The van der Waals surface area contributed by atoms with Crippen molar-refractivity contribution in [3.8, 4) is 0 Å². The van der Waals surface area contributed by atoms with Crippen molar-refractivity contribution in [2.45, 2.75) is 63.8 Å². The quantitative estimate of drug-likeness (QED) is 0.507. The maximum Gasteiger partial charge on any atom is 0.252 e. The van der Waals surface area contributed by atoms with Gasteiger partial charge in [-0.25, -0.2) is 9.97 Å². The lowest BCUT2D eigenvalue weighted by atomic mass is 9.89. The summed E-state index contributed by atoms with van der Waals surface area (Å²) >= 11 is 1.63. The number of aryl methyl sites for hydroxylation is 1. The molecule has 0 aliphatic heterocycles. The molecule has 2 fully saturated rings. The summed E-state index contributed by atoms with van der Waals surface area (Å²) < 4.78 is 3.61. The number of hydrogen-bond donors (Lipinski definition) is 1. The molecule has 3 aromatic rings. The van der Waals surface area contributed by atoms with Crippen LogP contribution in [0.25, 0.3) is 11.0 Å². The lowest BCUT2D eigenvalue weighted by molar-refractivity contribution is 0.373. The first-order valence-corrected chi connectivity index (χ1v) is 12.4. The van der Waals surface area contributed by atoms with E-state index in [9.17, 15) is 4.79 Å². The minimum atomic E-state index is -0.0220. The van der Waals surface area contributed by atoms with Crippen molar-refractivity contribution in [2.75, 3.05) is 17.6 Å². The van der Waals surface area contributed by atoms with E-state index in [0.29, 0.717) is 30.0 Å². The Bertz CT molecular complexity index is 1080. The Kier molecular flexibility index (Phi) is 6.20. The topological polar surface area (TPSA) is 90.5 Å². The van der Waals surface area contributed by atoms with E-state index in [0.717, 1.165) is 29.9 Å². The molecule has 0 aromatic carbocycles. The summed E-state index contributed by atoms with van der Waals surface area (Å²) in [5.41, 5.74) is 0.682. The molecule has 0 saturated heterocycles. The monoisotopic (exact) mass is 439 g/mol. The third-order valence-corrected chi connectivity index (χ3v) is 7.09. The molecule has 0 radical (unpaired) electrons. The summed E-state index contributed by atoms with van der Waals surface area (Å²) in [7, 11) is 0. The SMILES string of the molecule is O=c1ccc2cnc(NCC3CCCCC3)nc2n1CCCSn1cnc(C2CC2)n1. The molecule has 1 N–H and O–H groups in total. The predicted octanol–water partition coefficient (Wildman–Crippen LogP) is 3.84. The van der Waals surface area contributed by atoms with Crippen LogP contribution in [0, 0.1) is 5.92 Å². The molecule has 2 aliphatic rings. The van der Waals surface area contributed by atoms with E-state index >= 15 is 0 Å². The molecule has 31 heavy (non-hydrogen) atoms. The van der Waals surface area contributed by atoms with Crippen LogP contribution in [-0.2, 0) is 6.54 Å². The molecule has 3 heterocycles. The molecular weight excluding hydrogens is 410 g/mol. The van der Waals surface area contributed by atoms with E-state index in [1.807, 2.05) is 16.4 Å². The fourth-order valence-electron chi connectivity index (χ4n) is 4.23. The van der Waals surface area contributed by atoms with Crippen LogP contribution >= 0.6 is 11.9 Å². The highest BCUT2D eigenvalue weighted by Crippen LogP contribution is 2.37. The largest absolute Gasteiger partial charge is 0.354 e. The number of anilines is 1. The number of fused-ring (bicyclic) bond motifs is 1. The molecule has 5 rings (SSSR count). The number of nitrogens with zero attached hydrogens (tertiary/aromatic N) is 6. The number of rotatable bonds is 9. The summed E-state index contributed by atoms with van der Waals surface area (Å²) in [5.74, 6) is 3.69. The highest BCUT2D eigenvalue weighted by atomic mass is 32.2. The maximum absolute atomic E-state index is 12.5. The average molecular weight is 440 g/mol. The Hall–Kier alpha value is -2.42. The summed E-state index contributed by atoms with van der Waals surface area (Å²) in [6, 6.07) is 3.41. The van der Waals surface area contributed by atoms with Gasteiger partial charge in [0.05, 0.1) is 0 Å². The second kappa shape index (κ2) is 9.38. The molecule has 0 unspecified atom stereocenters. The fraction of sp³-hybridized carbons (Fsp3) is 0.591. The van der Waals surface area contributed by atoms with E-state index in [4.69, 9.17) is 4.98 Å². The molecule has 0 amide bonds. The van der Waals surface area contributed by atoms with Gasteiger partial charge in [0.25, 0.3) is 5.56 Å². The van der Waals surface area contributed by atoms with Crippen LogP contribution in [0.1, 0.15) is 63.1 Å². The molecule has 8 nitrogen and oxygen atoms in total. The molecule has 164 valence electrons. The third-order valence-electron chi connectivity index (χ3n) is 6.18. The zero-order valence-electron chi connectivity index (χ0n) is 17.7. The van der Waals surface area contributed by atoms with E-state index in [1.54, 1.807) is 28.9 Å². The summed E-state index contributed by atoms with van der Waals surface area (Å²) in [5, 5.41) is 8.81. The van der Waals surface area contributed by atoms with Crippen LogP contribution in [0.2, 0.25) is 0 Å². The standard InChI is InChI=1S/C22H29N7OS/c30-19-10-9-18-14-24-22(23-13-16-5-2-1-3-6-16)26-21(18)28(19)11-4-12-31-29-15-25-20(27-29)17-7-8-17/h9-10,14-17H,1-8,11-13H2,(H,23,24,26). The van der Waals surface area contributed by atoms with Crippen LogP contribution in [-0.4, -0.2) is 41.0 Å². The fourth-order valence-corrected chi connectivity index (χ4v) is 4.93. The minimum Gasteiger partial charge on any atom is -0.354 e. The van der Waals surface area contributed by atoms with Crippen molar-refractivity contribution in [1.29, 1.82) is 0 Å². The Balaban J connectivity index is 1.22. The van der Waals surface area contributed by atoms with Crippen LogP contribution in [0.5, 0.6) is 0 Å². The predicted molar refractivity (Wildman–Crippen MR) is 123 cm³/mol. The van der Waals surface area contributed by atoms with Gasteiger partial charge in [-0.05, 0) is 56.0 Å². The molecule has 9 heteroatoms. The lowest BCUT2D eigenvalue weighted by Gasteiger charge is -2.21. The summed E-state index contributed by atoms with van der Waals surface area (Å²) in [4.78, 5) is 26.1. The van der Waals surface area contributed by atoms with E-state index in [1.165, 1.54) is 44.9 Å². The van der Waals surface area contributed by atoms with E-state index in [2.05, 4.69) is 20.4 Å². The molecular formula is C22H29N7OS. The average Bonchev–Trinajstić information content (AvgIpc) is 3.55. The van der Waals surface area contributed by atoms with Crippen molar-refractivity contribution in [3.63, 3.8) is 0 Å². The van der Waals surface area contributed by atoms with Crippen molar-refractivity contribution < 1.29 is 0 Å². The molecule has 2 aliphatic carbocycles. The maximum atomic E-state index is 12.5. The second-order valence-corrected chi connectivity index (χ2v) is 9.69. The Morgan fingerprint density at radius 3 is 2.81 bits per heavy atom. The van der Waals surface area contributed by atoms with Gasteiger partial charge in [0.1, 0.15) is 12.0 Å². The van der Waals surface area contributed by atoms with Gasteiger partial charge in [0.15, 0.2) is 5.82 Å². The normalized spacial score (nSPS) is 17.3. The Morgan fingerprint density at radius 1 is 1.10 bits per heavy atom. The molecule has 0 spiro atoms.